The minimum atomic E-state index is -0.722. The fourth-order valence-corrected chi connectivity index (χ4v) is 1.69. The van der Waals surface area contributed by atoms with Crippen LogP contribution < -0.4 is 20.5 Å². The first-order valence-electron chi connectivity index (χ1n) is 6.30. The van der Waals surface area contributed by atoms with Gasteiger partial charge in [0.25, 0.3) is 0 Å². The van der Waals surface area contributed by atoms with Crippen molar-refractivity contribution in [3.05, 3.63) is 23.8 Å². The fraction of sp³-hybridized carbons (Fsp3) is 0.357. The van der Waals surface area contributed by atoms with Crippen molar-refractivity contribution >= 4 is 30.3 Å². The number of carbonyl (C=O) groups is 3. The highest BCUT2D eigenvalue weighted by molar-refractivity contribution is 5.85. The molecule has 0 aliphatic rings. The third-order valence-corrected chi connectivity index (χ3v) is 2.55. The number of rotatable bonds is 5. The largest absolute Gasteiger partial charge is 0.423 e. The molecule has 0 fully saturated rings. The molecule has 0 radical (unpaired) electrons. The van der Waals surface area contributed by atoms with Crippen molar-refractivity contribution < 1.29 is 23.9 Å². The zero-order chi connectivity index (χ0) is 16.0. The minimum Gasteiger partial charge on any atom is -0.423 e. The summed E-state index contributed by atoms with van der Waals surface area (Å²) in [4.78, 5) is 33.5. The van der Waals surface area contributed by atoms with Crippen LogP contribution in [0.3, 0.4) is 0 Å². The first-order chi connectivity index (χ1) is 9.83. The lowest BCUT2D eigenvalue weighted by atomic mass is 10.1. The van der Waals surface area contributed by atoms with E-state index in [1.807, 2.05) is 0 Å². The highest BCUT2D eigenvalue weighted by Crippen LogP contribution is 2.29. The SMILES string of the molecule is CNC(=O)[C@@H](N)Cc1ccc(OC(C)=O)c(OC(C)=O)c1.Cl. The summed E-state index contributed by atoms with van der Waals surface area (Å²) in [7, 11) is 1.50. The minimum absolute atomic E-state index is 0. The van der Waals surface area contributed by atoms with E-state index in [0.717, 1.165) is 0 Å². The van der Waals surface area contributed by atoms with Gasteiger partial charge in [0.15, 0.2) is 11.5 Å². The maximum Gasteiger partial charge on any atom is 0.308 e. The van der Waals surface area contributed by atoms with Crippen LogP contribution in [0.25, 0.3) is 0 Å². The van der Waals surface area contributed by atoms with Crippen molar-refractivity contribution in [3.8, 4) is 11.5 Å². The summed E-state index contributed by atoms with van der Waals surface area (Å²) >= 11 is 0. The van der Waals surface area contributed by atoms with Crippen LogP contribution >= 0.6 is 12.4 Å². The molecule has 22 heavy (non-hydrogen) atoms. The van der Waals surface area contributed by atoms with Crippen molar-refractivity contribution in [2.24, 2.45) is 5.73 Å². The number of nitrogens with one attached hydrogen (secondary N) is 1. The highest BCUT2D eigenvalue weighted by atomic mass is 35.5. The van der Waals surface area contributed by atoms with Crippen LogP contribution in [0.2, 0.25) is 0 Å². The average molecular weight is 331 g/mol. The Labute approximate surface area is 134 Å². The molecule has 0 aliphatic heterocycles. The topological polar surface area (TPSA) is 108 Å². The van der Waals surface area contributed by atoms with E-state index < -0.39 is 18.0 Å². The number of ether oxygens (including phenoxy) is 2. The predicted octanol–water partition coefficient (Wildman–Crippen LogP) is 0.575. The van der Waals surface area contributed by atoms with Gasteiger partial charge in [-0.1, -0.05) is 6.07 Å². The van der Waals surface area contributed by atoms with E-state index in [-0.39, 0.29) is 36.2 Å². The molecule has 1 atom stereocenters. The Morgan fingerprint density at radius 2 is 1.68 bits per heavy atom. The molecule has 0 saturated heterocycles. The molecule has 3 N–H and O–H groups in total. The summed E-state index contributed by atoms with van der Waals surface area (Å²) in [6, 6.07) is 3.93. The molecule has 0 unspecified atom stereocenters. The van der Waals surface area contributed by atoms with Gasteiger partial charge in [-0.05, 0) is 24.1 Å². The van der Waals surface area contributed by atoms with E-state index in [2.05, 4.69) is 5.32 Å². The second-order valence-electron chi connectivity index (χ2n) is 4.39. The van der Waals surface area contributed by atoms with E-state index in [0.29, 0.717) is 5.56 Å². The van der Waals surface area contributed by atoms with Gasteiger partial charge >= 0.3 is 11.9 Å². The lowest BCUT2D eigenvalue weighted by Crippen LogP contribution is -2.40. The van der Waals surface area contributed by atoms with Crippen LogP contribution in [-0.4, -0.2) is 30.9 Å². The van der Waals surface area contributed by atoms with E-state index >= 15 is 0 Å². The molecule has 1 rings (SSSR count). The van der Waals surface area contributed by atoms with Crippen molar-refractivity contribution in [3.63, 3.8) is 0 Å². The quantitative estimate of drug-likeness (QED) is 0.604. The molecule has 1 aromatic rings. The molecule has 1 aromatic carbocycles. The molecule has 0 spiro atoms. The van der Waals surface area contributed by atoms with Gasteiger partial charge in [-0.25, -0.2) is 0 Å². The Kier molecular flexibility index (Phi) is 8.14. The molecular weight excluding hydrogens is 312 g/mol. The molecule has 8 heteroatoms. The maximum absolute atomic E-state index is 11.4. The Balaban J connectivity index is 0.00000441. The zero-order valence-electron chi connectivity index (χ0n) is 12.5. The smallest absolute Gasteiger partial charge is 0.308 e. The van der Waals surface area contributed by atoms with Gasteiger partial charge in [0.1, 0.15) is 0 Å². The van der Waals surface area contributed by atoms with E-state index in [4.69, 9.17) is 15.2 Å². The normalized spacial score (nSPS) is 10.9. The van der Waals surface area contributed by atoms with E-state index in [1.54, 1.807) is 6.07 Å². The number of hydrogen-bond acceptors (Lipinski definition) is 6. The molecule has 0 aromatic heterocycles. The summed E-state index contributed by atoms with van der Waals surface area (Å²) in [6.07, 6.45) is 0.258. The number of likely N-dealkylation sites (N-methyl/N-ethyl adjacent to an activating group) is 1. The third kappa shape index (κ3) is 6.11. The predicted molar refractivity (Wildman–Crippen MR) is 82.1 cm³/mol. The van der Waals surface area contributed by atoms with E-state index in [1.165, 1.54) is 33.0 Å². The molecule has 1 amide bonds. The van der Waals surface area contributed by atoms with Gasteiger partial charge in [-0.2, -0.15) is 0 Å². The summed E-state index contributed by atoms with van der Waals surface area (Å²) in [5, 5.41) is 2.45. The van der Waals surface area contributed by atoms with Gasteiger partial charge in [-0.15, -0.1) is 12.4 Å². The Bertz CT molecular complexity index is 562. The Hall–Kier alpha value is -2.12. The lowest BCUT2D eigenvalue weighted by molar-refractivity contribution is -0.134. The maximum atomic E-state index is 11.4. The highest BCUT2D eigenvalue weighted by Gasteiger charge is 2.15. The Morgan fingerprint density at radius 1 is 1.14 bits per heavy atom. The van der Waals surface area contributed by atoms with Gasteiger partial charge in [0.2, 0.25) is 5.91 Å². The standard InChI is InChI=1S/C14H18N2O5.ClH/c1-8(17)20-12-5-4-10(6-11(15)14(19)16-3)7-13(12)21-9(2)18;/h4-5,7,11H,6,15H2,1-3H3,(H,16,19);1H/t11-;/m0./s1. The molecular formula is C14H19ClN2O5. The number of amides is 1. The van der Waals surface area contributed by atoms with Crippen molar-refractivity contribution in [1.29, 1.82) is 0 Å². The molecule has 0 heterocycles. The molecule has 0 saturated carbocycles. The van der Waals surface area contributed by atoms with Crippen LogP contribution in [0.1, 0.15) is 19.4 Å². The number of carbonyl (C=O) groups excluding carboxylic acids is 3. The van der Waals surface area contributed by atoms with E-state index in [9.17, 15) is 14.4 Å². The molecule has 0 aliphatic carbocycles. The Morgan fingerprint density at radius 3 is 2.18 bits per heavy atom. The monoisotopic (exact) mass is 330 g/mol. The summed E-state index contributed by atoms with van der Waals surface area (Å²) in [5.41, 5.74) is 6.40. The number of halogens is 1. The first kappa shape index (κ1) is 19.9. The molecule has 122 valence electrons. The summed E-state index contributed by atoms with van der Waals surface area (Å²) in [5.74, 6) is -1.13. The first-order valence-corrected chi connectivity index (χ1v) is 6.30. The number of nitrogens with two attached hydrogens (primary N) is 1. The molecule has 7 nitrogen and oxygen atoms in total. The van der Waals surface area contributed by atoms with Crippen LogP contribution in [0, 0.1) is 0 Å². The number of esters is 2. The third-order valence-electron chi connectivity index (χ3n) is 2.55. The lowest BCUT2D eigenvalue weighted by Gasteiger charge is -2.13. The fourth-order valence-electron chi connectivity index (χ4n) is 1.69. The number of hydrogen-bond donors (Lipinski definition) is 2. The second-order valence-corrected chi connectivity index (χ2v) is 4.39. The van der Waals surface area contributed by atoms with Crippen molar-refractivity contribution in [2.45, 2.75) is 26.3 Å². The summed E-state index contributed by atoms with van der Waals surface area (Å²) < 4.78 is 9.95. The van der Waals surface area contributed by atoms with Crippen LogP contribution in [0.5, 0.6) is 11.5 Å². The van der Waals surface area contributed by atoms with Crippen molar-refractivity contribution in [1.82, 2.24) is 5.32 Å². The van der Waals surface area contributed by atoms with Crippen LogP contribution in [0.4, 0.5) is 0 Å². The second kappa shape index (κ2) is 9.01. The van der Waals surface area contributed by atoms with Gasteiger partial charge < -0.3 is 20.5 Å². The molecule has 0 bridgehead atoms. The van der Waals surface area contributed by atoms with Gasteiger partial charge in [0, 0.05) is 20.9 Å². The zero-order valence-corrected chi connectivity index (χ0v) is 13.4. The van der Waals surface area contributed by atoms with Gasteiger partial charge in [0.05, 0.1) is 6.04 Å². The average Bonchev–Trinajstić information content (AvgIpc) is 2.39. The van der Waals surface area contributed by atoms with Gasteiger partial charge in [-0.3, -0.25) is 14.4 Å². The van der Waals surface area contributed by atoms with Crippen LogP contribution in [-0.2, 0) is 20.8 Å². The number of benzene rings is 1. The summed E-state index contributed by atoms with van der Waals surface area (Å²) in [6.45, 7) is 2.48. The van der Waals surface area contributed by atoms with Crippen molar-refractivity contribution in [2.75, 3.05) is 7.05 Å². The van der Waals surface area contributed by atoms with Crippen LogP contribution in [0.15, 0.2) is 18.2 Å².